The number of hydrogen-bond acceptors (Lipinski definition) is 3. The first-order valence-electron chi connectivity index (χ1n) is 7.51. The molecule has 1 saturated carbocycles. The lowest BCUT2D eigenvalue weighted by Crippen LogP contribution is -2.52. The molecule has 20 heavy (non-hydrogen) atoms. The number of amidine groups is 1. The van der Waals surface area contributed by atoms with Crippen molar-refractivity contribution in [3.05, 3.63) is 0 Å². The average molecular weight is 302 g/mol. The molecule has 1 unspecified atom stereocenters. The Labute approximate surface area is 122 Å². The van der Waals surface area contributed by atoms with E-state index in [1.165, 1.54) is 4.31 Å². The van der Waals surface area contributed by atoms with Gasteiger partial charge in [0.25, 0.3) is 10.2 Å². The molecule has 6 nitrogen and oxygen atoms in total. The SMILES string of the molecule is CC1CCCN(S(=O)(=O)N(CC(=N)N)C2CCCC2)C1. The van der Waals surface area contributed by atoms with Gasteiger partial charge in [-0.15, -0.1) is 0 Å². The van der Waals surface area contributed by atoms with Crippen LogP contribution in [-0.2, 0) is 10.2 Å². The highest BCUT2D eigenvalue weighted by molar-refractivity contribution is 7.86. The highest BCUT2D eigenvalue weighted by atomic mass is 32.2. The summed E-state index contributed by atoms with van der Waals surface area (Å²) in [7, 11) is -3.49. The summed E-state index contributed by atoms with van der Waals surface area (Å²) < 4.78 is 28.8. The van der Waals surface area contributed by atoms with Gasteiger partial charge in [0.1, 0.15) is 5.84 Å². The molecule has 0 radical (unpaired) electrons. The first-order valence-corrected chi connectivity index (χ1v) is 8.90. The fraction of sp³-hybridized carbons (Fsp3) is 0.923. The van der Waals surface area contributed by atoms with E-state index in [2.05, 4.69) is 6.92 Å². The molecule has 0 aromatic heterocycles. The summed E-state index contributed by atoms with van der Waals surface area (Å²) in [6.45, 7) is 3.29. The maximum absolute atomic E-state index is 12.9. The molecule has 1 saturated heterocycles. The summed E-state index contributed by atoms with van der Waals surface area (Å²) in [6, 6.07) is 0.0149. The lowest BCUT2D eigenvalue weighted by Gasteiger charge is -2.36. The van der Waals surface area contributed by atoms with E-state index in [0.29, 0.717) is 19.0 Å². The Morgan fingerprint density at radius 1 is 1.30 bits per heavy atom. The zero-order valence-corrected chi connectivity index (χ0v) is 13.0. The molecule has 3 N–H and O–H groups in total. The molecule has 0 bridgehead atoms. The van der Waals surface area contributed by atoms with Crippen LogP contribution in [-0.4, -0.2) is 48.5 Å². The zero-order valence-electron chi connectivity index (χ0n) is 12.2. The van der Waals surface area contributed by atoms with Gasteiger partial charge < -0.3 is 5.73 Å². The molecule has 2 fully saturated rings. The highest BCUT2D eigenvalue weighted by Crippen LogP contribution is 2.28. The second-order valence-electron chi connectivity index (χ2n) is 6.12. The molecule has 7 heteroatoms. The van der Waals surface area contributed by atoms with Gasteiger partial charge in [-0.05, 0) is 31.6 Å². The Kier molecular flexibility index (Phi) is 5.04. The van der Waals surface area contributed by atoms with E-state index in [9.17, 15) is 8.42 Å². The Bertz CT molecular complexity index is 445. The van der Waals surface area contributed by atoms with Crippen LogP contribution in [0.4, 0.5) is 0 Å². The summed E-state index contributed by atoms with van der Waals surface area (Å²) in [5.74, 6) is 0.326. The van der Waals surface area contributed by atoms with Gasteiger partial charge in [0.2, 0.25) is 0 Å². The average Bonchev–Trinajstić information content (AvgIpc) is 2.89. The van der Waals surface area contributed by atoms with E-state index < -0.39 is 10.2 Å². The quantitative estimate of drug-likeness (QED) is 0.589. The van der Waals surface area contributed by atoms with Crippen LogP contribution >= 0.6 is 0 Å². The van der Waals surface area contributed by atoms with Crippen LogP contribution < -0.4 is 5.73 Å². The Morgan fingerprint density at radius 2 is 1.95 bits per heavy atom. The lowest BCUT2D eigenvalue weighted by atomic mass is 10.0. The molecule has 2 rings (SSSR count). The van der Waals surface area contributed by atoms with Gasteiger partial charge in [0.15, 0.2) is 0 Å². The molecule has 0 spiro atoms. The second kappa shape index (κ2) is 6.41. The van der Waals surface area contributed by atoms with Gasteiger partial charge in [-0.2, -0.15) is 17.0 Å². The summed E-state index contributed by atoms with van der Waals surface area (Å²) in [5.41, 5.74) is 5.47. The maximum Gasteiger partial charge on any atom is 0.282 e. The van der Waals surface area contributed by atoms with Crippen LogP contribution in [0.1, 0.15) is 45.4 Å². The minimum absolute atomic E-state index is 0.0149. The number of nitrogens with one attached hydrogen (secondary N) is 1. The van der Waals surface area contributed by atoms with E-state index in [0.717, 1.165) is 38.5 Å². The first-order chi connectivity index (χ1) is 9.41. The Balaban J connectivity index is 2.18. The molecular weight excluding hydrogens is 276 g/mol. The topological polar surface area (TPSA) is 90.5 Å². The molecule has 116 valence electrons. The van der Waals surface area contributed by atoms with E-state index in [4.69, 9.17) is 11.1 Å². The van der Waals surface area contributed by atoms with Crippen molar-refractivity contribution < 1.29 is 8.42 Å². The largest absolute Gasteiger partial charge is 0.387 e. The van der Waals surface area contributed by atoms with Crippen molar-refractivity contribution in [2.75, 3.05) is 19.6 Å². The first kappa shape index (κ1) is 15.7. The molecule has 1 aliphatic carbocycles. The molecule has 0 amide bonds. The monoisotopic (exact) mass is 302 g/mol. The van der Waals surface area contributed by atoms with Crippen molar-refractivity contribution in [1.82, 2.24) is 8.61 Å². The van der Waals surface area contributed by atoms with Crippen molar-refractivity contribution in [1.29, 1.82) is 5.41 Å². The number of piperidine rings is 1. The van der Waals surface area contributed by atoms with Crippen molar-refractivity contribution in [3.8, 4) is 0 Å². The number of rotatable bonds is 5. The standard InChI is InChI=1S/C13H26N4O2S/c1-11-5-4-8-16(9-11)20(18,19)17(10-13(14)15)12-6-2-3-7-12/h11-12H,2-10H2,1H3,(H3,14,15). The van der Waals surface area contributed by atoms with Crippen molar-refractivity contribution in [3.63, 3.8) is 0 Å². The Morgan fingerprint density at radius 3 is 2.50 bits per heavy atom. The van der Waals surface area contributed by atoms with Gasteiger partial charge in [-0.3, -0.25) is 5.41 Å². The van der Waals surface area contributed by atoms with E-state index in [-0.39, 0.29) is 18.4 Å². The van der Waals surface area contributed by atoms with Gasteiger partial charge in [0.05, 0.1) is 6.54 Å². The van der Waals surface area contributed by atoms with Crippen LogP contribution in [0.2, 0.25) is 0 Å². The minimum Gasteiger partial charge on any atom is -0.387 e. The molecule has 2 aliphatic rings. The van der Waals surface area contributed by atoms with Gasteiger partial charge >= 0.3 is 0 Å². The maximum atomic E-state index is 12.9. The number of nitrogens with zero attached hydrogens (tertiary/aromatic N) is 2. The van der Waals surface area contributed by atoms with Crippen LogP contribution in [0.5, 0.6) is 0 Å². The summed E-state index contributed by atoms with van der Waals surface area (Å²) in [5, 5.41) is 7.48. The predicted octanol–water partition coefficient (Wildman–Crippen LogP) is 1.14. The number of nitrogens with two attached hydrogens (primary N) is 1. The molecular formula is C13H26N4O2S. The van der Waals surface area contributed by atoms with Crippen molar-refractivity contribution in [2.45, 2.75) is 51.5 Å². The number of hydrogen-bond donors (Lipinski definition) is 2. The van der Waals surface area contributed by atoms with E-state index in [1.807, 2.05) is 0 Å². The molecule has 0 aromatic rings. The molecule has 1 aliphatic heterocycles. The van der Waals surface area contributed by atoms with Gasteiger partial charge in [-0.25, -0.2) is 0 Å². The van der Waals surface area contributed by atoms with Crippen molar-refractivity contribution >= 4 is 16.0 Å². The third-order valence-corrected chi connectivity index (χ3v) is 6.30. The normalized spacial score (nSPS) is 26.2. The third-order valence-electron chi connectivity index (χ3n) is 4.30. The zero-order chi connectivity index (χ0) is 14.8. The van der Waals surface area contributed by atoms with Gasteiger partial charge in [0, 0.05) is 19.1 Å². The van der Waals surface area contributed by atoms with E-state index >= 15 is 0 Å². The van der Waals surface area contributed by atoms with Crippen LogP contribution in [0, 0.1) is 11.3 Å². The fourth-order valence-corrected chi connectivity index (χ4v) is 5.25. The molecule has 1 heterocycles. The smallest absolute Gasteiger partial charge is 0.282 e. The second-order valence-corrected chi connectivity index (χ2v) is 8.00. The third kappa shape index (κ3) is 3.51. The van der Waals surface area contributed by atoms with Gasteiger partial charge in [-0.1, -0.05) is 19.8 Å². The Hall–Kier alpha value is -0.660. The summed E-state index contributed by atoms with van der Waals surface area (Å²) >= 11 is 0. The highest BCUT2D eigenvalue weighted by Gasteiger charge is 2.37. The van der Waals surface area contributed by atoms with Crippen LogP contribution in [0.25, 0.3) is 0 Å². The fourth-order valence-electron chi connectivity index (χ4n) is 3.26. The van der Waals surface area contributed by atoms with Crippen LogP contribution in [0.3, 0.4) is 0 Å². The molecule has 0 aromatic carbocycles. The lowest BCUT2D eigenvalue weighted by molar-refractivity contribution is 0.247. The predicted molar refractivity (Wildman–Crippen MR) is 79.8 cm³/mol. The van der Waals surface area contributed by atoms with Crippen LogP contribution in [0.15, 0.2) is 0 Å². The summed E-state index contributed by atoms with van der Waals surface area (Å²) in [6.07, 6.45) is 5.89. The molecule has 1 atom stereocenters. The minimum atomic E-state index is -3.49. The van der Waals surface area contributed by atoms with Crippen molar-refractivity contribution in [2.24, 2.45) is 11.7 Å². The summed E-state index contributed by atoms with van der Waals surface area (Å²) in [4.78, 5) is 0. The van der Waals surface area contributed by atoms with E-state index in [1.54, 1.807) is 4.31 Å².